The molecule has 0 N–H and O–H groups in total. The Morgan fingerprint density at radius 2 is 1.61 bits per heavy atom. The summed E-state index contributed by atoms with van der Waals surface area (Å²) in [6, 6.07) is 21.8. The minimum absolute atomic E-state index is 0.0681. The third-order valence-electron chi connectivity index (χ3n) is 5.17. The van der Waals surface area contributed by atoms with E-state index in [-0.39, 0.29) is 4.08 Å². The van der Waals surface area contributed by atoms with Crippen molar-refractivity contribution in [1.29, 1.82) is 0 Å². The number of hydrogen-bond donors (Lipinski definition) is 1. The molecule has 0 bridgehead atoms. The van der Waals surface area contributed by atoms with Gasteiger partial charge in [-0.25, -0.2) is 0 Å². The fourth-order valence-electron chi connectivity index (χ4n) is 4.01. The van der Waals surface area contributed by atoms with E-state index in [2.05, 4.69) is 66.7 Å². The Labute approximate surface area is 148 Å². The van der Waals surface area contributed by atoms with Crippen LogP contribution in [0.15, 0.2) is 66.7 Å². The number of fused-ring (bicyclic) bond motifs is 1. The third-order valence-corrected chi connectivity index (χ3v) is 7.45. The maximum Gasteiger partial charge on any atom is 0.0665 e. The summed E-state index contributed by atoms with van der Waals surface area (Å²) < 4.78 is 0.0681. The SMILES string of the molecule is S[C@]12CCCC[C@@H]1[C@@H](c1ccccc1)C=C(c1ccccc1)S2. The molecule has 1 saturated carbocycles. The van der Waals surface area contributed by atoms with Crippen LogP contribution in [0.1, 0.15) is 42.7 Å². The monoisotopic (exact) mass is 338 g/mol. The van der Waals surface area contributed by atoms with Gasteiger partial charge in [0.05, 0.1) is 4.08 Å². The quantitative estimate of drug-likeness (QED) is 0.620. The van der Waals surface area contributed by atoms with Gasteiger partial charge < -0.3 is 0 Å². The Balaban J connectivity index is 1.80. The molecule has 0 saturated heterocycles. The molecule has 2 aromatic carbocycles. The summed E-state index contributed by atoms with van der Waals surface area (Å²) in [6.07, 6.45) is 7.63. The second kappa shape index (κ2) is 6.41. The van der Waals surface area contributed by atoms with Gasteiger partial charge in [-0.1, -0.05) is 79.6 Å². The molecule has 118 valence electrons. The summed E-state index contributed by atoms with van der Waals surface area (Å²) in [7, 11) is 0. The highest BCUT2D eigenvalue weighted by molar-refractivity contribution is 8.18. The highest BCUT2D eigenvalue weighted by atomic mass is 32.2. The number of hydrogen-bond acceptors (Lipinski definition) is 2. The molecule has 1 aliphatic heterocycles. The van der Waals surface area contributed by atoms with Crippen LogP contribution in [0.25, 0.3) is 4.91 Å². The molecule has 23 heavy (non-hydrogen) atoms. The average Bonchev–Trinajstić information content (AvgIpc) is 2.61. The van der Waals surface area contributed by atoms with E-state index in [4.69, 9.17) is 12.6 Å². The van der Waals surface area contributed by atoms with Crippen molar-refractivity contribution < 1.29 is 0 Å². The van der Waals surface area contributed by atoms with E-state index in [9.17, 15) is 0 Å². The van der Waals surface area contributed by atoms with Gasteiger partial charge in [-0.3, -0.25) is 0 Å². The molecule has 1 fully saturated rings. The molecule has 0 radical (unpaired) electrons. The average molecular weight is 339 g/mol. The highest BCUT2D eigenvalue weighted by Crippen LogP contribution is 2.60. The summed E-state index contributed by atoms with van der Waals surface area (Å²) in [5.41, 5.74) is 2.77. The largest absolute Gasteiger partial charge is 0.161 e. The first kappa shape index (κ1) is 15.4. The lowest BCUT2D eigenvalue weighted by molar-refractivity contribution is 0.322. The second-order valence-corrected chi connectivity index (χ2v) is 9.11. The van der Waals surface area contributed by atoms with Crippen LogP contribution in [0, 0.1) is 5.92 Å². The van der Waals surface area contributed by atoms with E-state index >= 15 is 0 Å². The molecule has 0 unspecified atom stereocenters. The molecule has 1 heterocycles. The van der Waals surface area contributed by atoms with Gasteiger partial charge in [0.15, 0.2) is 0 Å². The Hall–Kier alpha value is -1.12. The van der Waals surface area contributed by atoms with E-state index in [1.54, 1.807) is 0 Å². The van der Waals surface area contributed by atoms with Gasteiger partial charge >= 0.3 is 0 Å². The van der Waals surface area contributed by atoms with Crippen LogP contribution in [0.3, 0.4) is 0 Å². The zero-order valence-electron chi connectivity index (χ0n) is 13.2. The Kier molecular flexibility index (Phi) is 4.29. The summed E-state index contributed by atoms with van der Waals surface area (Å²) in [5, 5.41) is 0. The summed E-state index contributed by atoms with van der Waals surface area (Å²) in [6.45, 7) is 0. The van der Waals surface area contributed by atoms with Crippen molar-refractivity contribution in [3.63, 3.8) is 0 Å². The molecule has 0 spiro atoms. The number of benzene rings is 2. The standard InChI is InChI=1S/C21H22S2/c22-21-14-8-7-13-19(21)18(16-9-3-1-4-10-16)15-20(23-21)17-11-5-2-6-12-17/h1-6,9-12,15,18-19,22H,7-8,13-14H2/t18-,19-,21+/m1/s1. The Morgan fingerprint density at radius 3 is 2.35 bits per heavy atom. The van der Waals surface area contributed by atoms with Gasteiger partial charge in [-0.05, 0) is 29.9 Å². The van der Waals surface area contributed by atoms with E-state index in [0.717, 1.165) is 0 Å². The minimum atomic E-state index is 0.0681. The van der Waals surface area contributed by atoms with E-state index in [1.165, 1.54) is 41.7 Å². The molecule has 3 atom stereocenters. The molecule has 4 rings (SSSR count). The van der Waals surface area contributed by atoms with E-state index in [0.29, 0.717) is 11.8 Å². The predicted molar refractivity (Wildman–Crippen MR) is 105 cm³/mol. The van der Waals surface area contributed by atoms with Gasteiger partial charge in [0.25, 0.3) is 0 Å². The van der Waals surface area contributed by atoms with Crippen molar-refractivity contribution in [2.75, 3.05) is 0 Å². The molecule has 0 nitrogen and oxygen atoms in total. The van der Waals surface area contributed by atoms with Crippen LogP contribution < -0.4 is 0 Å². The second-order valence-electron chi connectivity index (χ2n) is 6.63. The van der Waals surface area contributed by atoms with E-state index in [1.807, 2.05) is 11.8 Å². The summed E-state index contributed by atoms with van der Waals surface area (Å²) in [4.78, 5) is 1.40. The summed E-state index contributed by atoms with van der Waals surface area (Å²) >= 11 is 7.21. The van der Waals surface area contributed by atoms with Crippen LogP contribution in [-0.2, 0) is 0 Å². The number of rotatable bonds is 2. The maximum atomic E-state index is 5.22. The van der Waals surface area contributed by atoms with Crippen molar-refractivity contribution in [1.82, 2.24) is 0 Å². The van der Waals surface area contributed by atoms with E-state index < -0.39 is 0 Å². The first-order valence-electron chi connectivity index (χ1n) is 8.50. The van der Waals surface area contributed by atoms with Gasteiger partial charge in [-0.2, -0.15) is 12.6 Å². The van der Waals surface area contributed by atoms with Crippen LogP contribution >= 0.6 is 24.4 Å². The first-order valence-corrected chi connectivity index (χ1v) is 9.76. The number of thiol groups is 1. The Morgan fingerprint density at radius 1 is 0.913 bits per heavy atom. The fraction of sp³-hybridized carbons (Fsp3) is 0.333. The third kappa shape index (κ3) is 2.99. The number of allylic oxidation sites excluding steroid dienone is 1. The van der Waals surface area contributed by atoms with Gasteiger partial charge in [0, 0.05) is 10.8 Å². The number of thioether (sulfide) groups is 1. The minimum Gasteiger partial charge on any atom is -0.161 e. The molecule has 2 aromatic rings. The maximum absolute atomic E-state index is 5.22. The highest BCUT2D eigenvalue weighted by Gasteiger charge is 2.45. The van der Waals surface area contributed by atoms with Crippen LogP contribution in [-0.4, -0.2) is 4.08 Å². The molecule has 1 aliphatic carbocycles. The van der Waals surface area contributed by atoms with Crippen molar-refractivity contribution >= 4 is 29.3 Å². The Bertz CT molecular complexity index is 692. The summed E-state index contributed by atoms with van der Waals surface area (Å²) in [5.74, 6) is 1.10. The lowest BCUT2D eigenvalue weighted by atomic mass is 9.75. The van der Waals surface area contributed by atoms with Crippen molar-refractivity contribution in [3.05, 3.63) is 77.9 Å². The zero-order valence-corrected chi connectivity index (χ0v) is 14.9. The van der Waals surface area contributed by atoms with Crippen LogP contribution in [0.4, 0.5) is 0 Å². The molecular formula is C21H22S2. The smallest absolute Gasteiger partial charge is 0.0665 e. The fourth-order valence-corrected chi connectivity index (χ4v) is 6.26. The zero-order chi connectivity index (χ0) is 15.7. The van der Waals surface area contributed by atoms with Crippen LogP contribution in [0.2, 0.25) is 0 Å². The van der Waals surface area contributed by atoms with Crippen LogP contribution in [0.5, 0.6) is 0 Å². The topological polar surface area (TPSA) is 0 Å². The predicted octanol–water partition coefficient (Wildman–Crippen LogP) is 6.37. The molecule has 0 amide bonds. The molecule has 0 aromatic heterocycles. The van der Waals surface area contributed by atoms with Crippen molar-refractivity contribution in [2.24, 2.45) is 5.92 Å². The van der Waals surface area contributed by atoms with Gasteiger partial charge in [-0.15, -0.1) is 11.8 Å². The molecule has 2 aliphatic rings. The first-order chi connectivity index (χ1) is 11.3. The lowest BCUT2D eigenvalue weighted by Gasteiger charge is -2.47. The molecule has 2 heteroatoms. The normalized spacial score (nSPS) is 30.4. The van der Waals surface area contributed by atoms with Crippen molar-refractivity contribution in [2.45, 2.75) is 35.7 Å². The van der Waals surface area contributed by atoms with Gasteiger partial charge in [0.2, 0.25) is 0 Å². The molecular weight excluding hydrogens is 316 g/mol. The van der Waals surface area contributed by atoms with Gasteiger partial charge in [0.1, 0.15) is 0 Å². The lowest BCUT2D eigenvalue weighted by Crippen LogP contribution is -2.38. The van der Waals surface area contributed by atoms with Crippen molar-refractivity contribution in [3.8, 4) is 0 Å².